The van der Waals surface area contributed by atoms with Gasteiger partial charge in [-0.25, -0.2) is 26.7 Å². The highest BCUT2D eigenvalue weighted by Gasteiger charge is 2.27. The van der Waals surface area contributed by atoms with Gasteiger partial charge in [0, 0.05) is 5.56 Å². The molecule has 1 aliphatic rings. The molecular weight excluding hydrogens is 559 g/mol. The third kappa shape index (κ3) is 8.45. The molecule has 0 unspecified atom stereocenters. The van der Waals surface area contributed by atoms with Crippen LogP contribution >= 0.6 is 0 Å². The molecule has 0 aliphatic heterocycles. The molecule has 0 radical (unpaired) electrons. The summed E-state index contributed by atoms with van der Waals surface area (Å²) in [5.74, 6) is -8.03. The van der Waals surface area contributed by atoms with E-state index in [-0.39, 0.29) is 5.56 Å². The lowest BCUT2D eigenvalue weighted by molar-refractivity contribution is 0.0686. The minimum Gasteiger partial charge on any atom is -0.477 e. The molecular formula is C36H41F5O2. The molecule has 232 valence electrons. The van der Waals surface area contributed by atoms with Gasteiger partial charge >= 0.3 is 5.97 Å². The van der Waals surface area contributed by atoms with E-state index in [4.69, 9.17) is 0 Å². The van der Waals surface area contributed by atoms with E-state index in [9.17, 15) is 27.5 Å². The second-order valence-corrected chi connectivity index (χ2v) is 12.1. The topological polar surface area (TPSA) is 37.3 Å². The van der Waals surface area contributed by atoms with Gasteiger partial charge in [-0.1, -0.05) is 108 Å². The highest BCUT2D eigenvalue weighted by atomic mass is 19.2. The predicted octanol–water partition coefficient (Wildman–Crippen LogP) is 11.3. The van der Waals surface area contributed by atoms with Gasteiger partial charge in [-0.15, -0.1) is 0 Å². The van der Waals surface area contributed by atoms with Crippen molar-refractivity contribution in [3.63, 3.8) is 0 Å². The molecule has 0 bridgehead atoms. The Kier molecular flexibility index (Phi) is 11.8. The summed E-state index contributed by atoms with van der Waals surface area (Å²) < 4.78 is 71.8. The Morgan fingerprint density at radius 1 is 0.698 bits per heavy atom. The third-order valence-corrected chi connectivity index (χ3v) is 8.99. The van der Waals surface area contributed by atoms with Gasteiger partial charge in [-0.2, -0.15) is 0 Å². The van der Waals surface area contributed by atoms with E-state index in [1.807, 2.05) is 12.1 Å². The monoisotopic (exact) mass is 600 g/mol. The minimum absolute atomic E-state index is 0.0868. The highest BCUT2D eigenvalue weighted by Crippen LogP contribution is 2.39. The molecule has 1 N–H and O–H groups in total. The first-order valence-electron chi connectivity index (χ1n) is 15.7. The van der Waals surface area contributed by atoms with Gasteiger partial charge in [0.25, 0.3) is 0 Å². The maximum Gasteiger partial charge on any atom is 0.341 e. The average Bonchev–Trinajstić information content (AvgIpc) is 2.98. The van der Waals surface area contributed by atoms with E-state index in [1.54, 1.807) is 12.1 Å². The first-order valence-corrected chi connectivity index (χ1v) is 15.7. The summed E-state index contributed by atoms with van der Waals surface area (Å²) in [4.78, 5) is 11.5. The molecule has 0 aromatic heterocycles. The van der Waals surface area contributed by atoms with Crippen LogP contribution in [0.1, 0.15) is 106 Å². The number of carboxylic acid groups (broad SMARTS) is 1. The number of halogens is 5. The first kappa shape index (κ1) is 32.7. The van der Waals surface area contributed by atoms with Crippen molar-refractivity contribution in [2.24, 2.45) is 11.8 Å². The molecule has 3 aromatic rings. The van der Waals surface area contributed by atoms with E-state index in [0.717, 1.165) is 30.4 Å². The highest BCUT2D eigenvalue weighted by molar-refractivity contribution is 5.94. The molecule has 0 amide bonds. The number of aromatic carboxylic acids is 1. The van der Waals surface area contributed by atoms with Crippen LogP contribution in [0.2, 0.25) is 0 Å². The normalized spacial score (nSPS) is 16.9. The van der Waals surface area contributed by atoms with Gasteiger partial charge in [0.1, 0.15) is 17.2 Å². The van der Waals surface area contributed by atoms with Crippen LogP contribution in [-0.4, -0.2) is 11.1 Å². The van der Waals surface area contributed by atoms with Gasteiger partial charge in [0.15, 0.2) is 17.5 Å². The molecule has 0 saturated heterocycles. The number of hydrogen-bond acceptors (Lipinski definition) is 1. The lowest BCUT2D eigenvalue weighted by Gasteiger charge is -2.28. The maximum absolute atomic E-state index is 15.4. The largest absolute Gasteiger partial charge is 0.477 e. The number of unbranched alkanes of at least 4 members (excludes halogenated alkanes) is 6. The van der Waals surface area contributed by atoms with Crippen LogP contribution in [0.5, 0.6) is 0 Å². The standard InChI is InChI=1S/C36H41F5O2/c1-2-3-4-5-6-7-8-9-23-10-12-24(13-11-23)14-15-25-16-18-26(19-17-25)28-22-29(37)33(36(42)43)35(41)32(28)27-20-30(38)34(40)31(39)21-27/h16-24H,2-15H2,1H3,(H,42,43). The Balaban J connectivity index is 1.39. The van der Waals surface area contributed by atoms with E-state index < -0.39 is 51.7 Å². The van der Waals surface area contributed by atoms with E-state index >= 15 is 4.39 Å². The molecule has 1 saturated carbocycles. The Labute approximate surface area is 251 Å². The van der Waals surface area contributed by atoms with Crippen molar-refractivity contribution >= 4 is 5.97 Å². The van der Waals surface area contributed by atoms with Crippen molar-refractivity contribution in [3.05, 3.63) is 82.7 Å². The van der Waals surface area contributed by atoms with Crippen LogP contribution in [0.4, 0.5) is 22.0 Å². The van der Waals surface area contributed by atoms with Crippen LogP contribution in [0, 0.1) is 40.9 Å². The molecule has 1 fully saturated rings. The molecule has 4 rings (SSSR count). The Bertz CT molecular complexity index is 1350. The number of carboxylic acids is 1. The molecule has 0 heterocycles. The maximum atomic E-state index is 15.4. The van der Waals surface area contributed by atoms with Crippen molar-refractivity contribution in [3.8, 4) is 22.3 Å². The third-order valence-electron chi connectivity index (χ3n) is 8.99. The first-order chi connectivity index (χ1) is 20.7. The van der Waals surface area contributed by atoms with E-state index in [1.165, 1.54) is 77.0 Å². The number of benzene rings is 3. The van der Waals surface area contributed by atoms with Crippen LogP contribution in [0.3, 0.4) is 0 Å². The van der Waals surface area contributed by atoms with Crippen molar-refractivity contribution in [2.75, 3.05) is 0 Å². The van der Waals surface area contributed by atoms with Crippen molar-refractivity contribution < 1.29 is 31.9 Å². The van der Waals surface area contributed by atoms with E-state index in [2.05, 4.69) is 6.92 Å². The number of rotatable bonds is 14. The summed E-state index contributed by atoms with van der Waals surface area (Å²) in [6.45, 7) is 2.24. The lowest BCUT2D eigenvalue weighted by atomic mass is 9.77. The van der Waals surface area contributed by atoms with Crippen molar-refractivity contribution in [1.82, 2.24) is 0 Å². The summed E-state index contributed by atoms with van der Waals surface area (Å²) in [6, 6.07) is 8.98. The van der Waals surface area contributed by atoms with Gasteiger partial charge in [0.2, 0.25) is 0 Å². The second kappa shape index (κ2) is 15.5. The van der Waals surface area contributed by atoms with Gasteiger partial charge in [-0.3, -0.25) is 0 Å². The summed E-state index contributed by atoms with van der Waals surface area (Å²) in [7, 11) is 0. The molecule has 0 spiro atoms. The van der Waals surface area contributed by atoms with Crippen molar-refractivity contribution in [2.45, 2.75) is 96.8 Å². The van der Waals surface area contributed by atoms with Gasteiger partial charge < -0.3 is 5.11 Å². The van der Waals surface area contributed by atoms with Crippen LogP contribution in [0.15, 0.2) is 42.5 Å². The van der Waals surface area contributed by atoms with Gasteiger partial charge in [0.05, 0.1) is 0 Å². The Morgan fingerprint density at radius 2 is 1.26 bits per heavy atom. The summed E-state index contributed by atoms with van der Waals surface area (Å²) >= 11 is 0. The van der Waals surface area contributed by atoms with Gasteiger partial charge in [-0.05, 0) is 65.1 Å². The van der Waals surface area contributed by atoms with Crippen LogP contribution < -0.4 is 0 Å². The average molecular weight is 601 g/mol. The molecule has 2 nitrogen and oxygen atoms in total. The number of hydrogen-bond donors (Lipinski definition) is 1. The quantitative estimate of drug-likeness (QED) is 0.114. The van der Waals surface area contributed by atoms with Crippen LogP contribution in [-0.2, 0) is 6.42 Å². The molecule has 43 heavy (non-hydrogen) atoms. The Hall–Kier alpha value is -3.22. The Morgan fingerprint density at radius 3 is 1.84 bits per heavy atom. The van der Waals surface area contributed by atoms with Crippen LogP contribution in [0.25, 0.3) is 22.3 Å². The zero-order valence-electron chi connectivity index (χ0n) is 24.8. The number of carbonyl (C=O) groups is 1. The zero-order valence-corrected chi connectivity index (χ0v) is 24.8. The summed E-state index contributed by atoms with van der Waals surface area (Å²) in [6.07, 6.45) is 17.7. The number of aryl methyl sites for hydroxylation is 1. The molecule has 7 heteroatoms. The second-order valence-electron chi connectivity index (χ2n) is 12.1. The molecule has 0 atom stereocenters. The molecule has 3 aromatic carbocycles. The summed E-state index contributed by atoms with van der Waals surface area (Å²) in [5, 5.41) is 9.34. The predicted molar refractivity (Wildman–Crippen MR) is 160 cm³/mol. The fraction of sp³-hybridized carbons (Fsp3) is 0.472. The zero-order chi connectivity index (χ0) is 30.9. The van der Waals surface area contributed by atoms with Crippen molar-refractivity contribution in [1.29, 1.82) is 0 Å². The fourth-order valence-electron chi connectivity index (χ4n) is 6.45. The fourth-order valence-corrected chi connectivity index (χ4v) is 6.45. The SMILES string of the molecule is CCCCCCCCCC1CCC(CCc2ccc(-c3cc(F)c(C(=O)O)c(F)c3-c3cc(F)c(F)c(F)c3)cc2)CC1. The molecule has 1 aliphatic carbocycles. The minimum atomic E-state index is -1.87. The van der Waals surface area contributed by atoms with E-state index in [0.29, 0.717) is 23.6 Å². The summed E-state index contributed by atoms with van der Waals surface area (Å²) in [5.41, 5.74) is -0.897. The lowest BCUT2D eigenvalue weighted by Crippen LogP contribution is -2.15. The smallest absolute Gasteiger partial charge is 0.341 e.